The van der Waals surface area contributed by atoms with Crippen LogP contribution in [-0.4, -0.2) is 31.0 Å². The van der Waals surface area contributed by atoms with Crippen molar-refractivity contribution < 1.29 is 23.7 Å². The largest absolute Gasteiger partial charge is 0.454 e. The van der Waals surface area contributed by atoms with Crippen LogP contribution in [0.3, 0.4) is 0 Å². The van der Waals surface area contributed by atoms with Crippen LogP contribution in [0.4, 0.5) is 0 Å². The molecule has 0 fully saturated rings. The van der Waals surface area contributed by atoms with Gasteiger partial charge in [-0.3, -0.25) is 9.80 Å². The highest BCUT2D eigenvalue weighted by atomic mass is 16.7. The van der Waals surface area contributed by atoms with Crippen molar-refractivity contribution in [1.29, 1.82) is 0 Å². The Hall–Kier alpha value is -2.93. The molecule has 7 nitrogen and oxygen atoms in total. The Morgan fingerprint density at radius 2 is 1.68 bits per heavy atom. The smallest absolute Gasteiger partial charge is 0.268 e. The van der Waals surface area contributed by atoms with Crippen LogP contribution in [0.25, 0.3) is 0 Å². The van der Waals surface area contributed by atoms with E-state index in [1.165, 1.54) is 0 Å². The molecule has 2 aromatic rings. The first-order valence-corrected chi connectivity index (χ1v) is 8.15. The zero-order valence-corrected chi connectivity index (χ0v) is 13.6. The van der Waals surface area contributed by atoms with E-state index in [1.807, 2.05) is 31.2 Å². The zero-order chi connectivity index (χ0) is 17.0. The topological polar surface area (TPSA) is 69.3 Å². The van der Waals surface area contributed by atoms with Gasteiger partial charge in [-0.15, -0.1) is 0 Å². The molecule has 1 unspecified atom stereocenters. The van der Waals surface area contributed by atoms with E-state index in [9.17, 15) is 4.79 Å². The number of nitrogens with zero attached hydrogens (tertiary/aromatic N) is 1. The molecule has 0 bridgehead atoms. The average Bonchev–Trinajstić information content (AvgIpc) is 3.28. The van der Waals surface area contributed by atoms with Crippen LogP contribution in [0, 0.1) is 0 Å². The lowest BCUT2D eigenvalue weighted by atomic mass is 9.91. The summed E-state index contributed by atoms with van der Waals surface area (Å²) in [4.78, 5) is 12.7. The quantitative estimate of drug-likeness (QED) is 0.904. The van der Waals surface area contributed by atoms with Gasteiger partial charge in [0, 0.05) is 6.54 Å². The van der Waals surface area contributed by atoms with Crippen molar-refractivity contribution in [3.8, 4) is 23.0 Å². The van der Waals surface area contributed by atoms with Crippen molar-refractivity contribution in [2.75, 3.05) is 20.1 Å². The van der Waals surface area contributed by atoms with Gasteiger partial charge in [-0.2, -0.15) is 0 Å². The first kappa shape index (κ1) is 14.4. The van der Waals surface area contributed by atoms with Crippen molar-refractivity contribution in [3.05, 3.63) is 47.0 Å². The molecule has 3 heterocycles. The van der Waals surface area contributed by atoms with E-state index in [-0.39, 0.29) is 25.5 Å². The standard InChI is InChI=1S/C18H16N2O5/c1-2-20-18(21)12-7-16-15(24-9-25-16)6-11(12)17(19-20)10-3-4-13-14(5-10)23-8-22-13/h3-7,17,19H,2,8-9H2,1H3. The number of rotatable bonds is 2. The number of nitrogens with one attached hydrogen (secondary N) is 1. The van der Waals surface area contributed by atoms with Gasteiger partial charge in [0.25, 0.3) is 5.91 Å². The Bertz CT molecular complexity index is 882. The highest BCUT2D eigenvalue weighted by molar-refractivity contribution is 5.97. The van der Waals surface area contributed by atoms with Gasteiger partial charge < -0.3 is 18.9 Å². The number of benzene rings is 2. The van der Waals surface area contributed by atoms with E-state index in [2.05, 4.69) is 5.43 Å². The van der Waals surface area contributed by atoms with Gasteiger partial charge >= 0.3 is 0 Å². The molecule has 5 rings (SSSR count). The molecule has 3 aliphatic rings. The van der Waals surface area contributed by atoms with Gasteiger partial charge in [-0.25, -0.2) is 5.43 Å². The van der Waals surface area contributed by atoms with E-state index in [1.54, 1.807) is 11.1 Å². The summed E-state index contributed by atoms with van der Waals surface area (Å²) in [6.45, 7) is 2.88. The summed E-state index contributed by atoms with van der Waals surface area (Å²) in [6.07, 6.45) is 0. The minimum absolute atomic E-state index is 0.0761. The Balaban J connectivity index is 1.65. The SMILES string of the molecule is CCN1NC(c2ccc3c(c2)OCO3)c2cc3c(cc2C1=O)OCO3. The van der Waals surface area contributed by atoms with Crippen molar-refractivity contribution in [2.24, 2.45) is 0 Å². The van der Waals surface area contributed by atoms with Gasteiger partial charge in [0.05, 0.1) is 11.6 Å². The van der Waals surface area contributed by atoms with E-state index >= 15 is 0 Å². The fourth-order valence-corrected chi connectivity index (χ4v) is 3.39. The van der Waals surface area contributed by atoms with Crippen molar-refractivity contribution >= 4 is 5.91 Å². The number of amides is 1. The maximum absolute atomic E-state index is 12.7. The number of ether oxygens (including phenoxy) is 4. The fourth-order valence-electron chi connectivity index (χ4n) is 3.39. The molecular formula is C18H16N2O5. The Morgan fingerprint density at radius 1 is 1.00 bits per heavy atom. The minimum Gasteiger partial charge on any atom is -0.454 e. The molecular weight excluding hydrogens is 324 g/mol. The number of carbonyl (C=O) groups is 1. The molecule has 3 aliphatic heterocycles. The number of hydrazine groups is 1. The lowest BCUT2D eigenvalue weighted by Crippen LogP contribution is -2.49. The predicted molar refractivity (Wildman–Crippen MR) is 86.8 cm³/mol. The summed E-state index contributed by atoms with van der Waals surface area (Å²) in [5.74, 6) is 2.63. The molecule has 1 N–H and O–H groups in total. The summed E-state index contributed by atoms with van der Waals surface area (Å²) >= 11 is 0. The van der Waals surface area contributed by atoms with Crippen LogP contribution in [-0.2, 0) is 0 Å². The third kappa shape index (κ3) is 2.12. The summed E-state index contributed by atoms with van der Waals surface area (Å²) in [6, 6.07) is 9.26. The third-order valence-corrected chi connectivity index (χ3v) is 4.66. The molecule has 1 amide bonds. The molecule has 0 saturated heterocycles. The van der Waals surface area contributed by atoms with Gasteiger partial charge in [0.2, 0.25) is 13.6 Å². The maximum Gasteiger partial charge on any atom is 0.268 e. The Kier molecular flexibility index (Phi) is 3.05. The molecule has 7 heteroatoms. The minimum atomic E-state index is -0.198. The average molecular weight is 340 g/mol. The van der Waals surface area contributed by atoms with Crippen LogP contribution in [0.15, 0.2) is 30.3 Å². The number of hydrogen-bond acceptors (Lipinski definition) is 6. The molecule has 0 saturated carbocycles. The van der Waals surface area contributed by atoms with Crippen LogP contribution >= 0.6 is 0 Å². The number of carbonyl (C=O) groups excluding carboxylic acids is 1. The van der Waals surface area contributed by atoms with E-state index in [0.717, 1.165) is 16.9 Å². The highest BCUT2D eigenvalue weighted by Gasteiger charge is 2.34. The molecule has 0 aliphatic carbocycles. The Labute approximate surface area is 144 Å². The highest BCUT2D eigenvalue weighted by Crippen LogP contribution is 2.42. The van der Waals surface area contributed by atoms with Crippen LogP contribution < -0.4 is 24.4 Å². The second kappa shape index (κ2) is 5.29. The molecule has 25 heavy (non-hydrogen) atoms. The molecule has 1 atom stereocenters. The second-order valence-electron chi connectivity index (χ2n) is 6.02. The number of hydrogen-bond donors (Lipinski definition) is 1. The monoisotopic (exact) mass is 340 g/mol. The van der Waals surface area contributed by atoms with Crippen molar-refractivity contribution in [2.45, 2.75) is 13.0 Å². The normalized spacial score (nSPS) is 20.0. The van der Waals surface area contributed by atoms with E-state index in [4.69, 9.17) is 18.9 Å². The lowest BCUT2D eigenvalue weighted by Gasteiger charge is -2.35. The van der Waals surface area contributed by atoms with Gasteiger partial charge in [-0.05, 0) is 42.3 Å². The third-order valence-electron chi connectivity index (χ3n) is 4.66. The van der Waals surface area contributed by atoms with E-state index in [0.29, 0.717) is 29.4 Å². The number of fused-ring (bicyclic) bond motifs is 3. The molecule has 0 radical (unpaired) electrons. The molecule has 128 valence electrons. The lowest BCUT2D eigenvalue weighted by molar-refractivity contribution is 0.0611. The van der Waals surface area contributed by atoms with Crippen molar-refractivity contribution in [1.82, 2.24) is 10.4 Å². The molecule has 0 aromatic heterocycles. The van der Waals surface area contributed by atoms with Gasteiger partial charge in [-0.1, -0.05) is 6.07 Å². The van der Waals surface area contributed by atoms with Crippen molar-refractivity contribution in [3.63, 3.8) is 0 Å². The fraction of sp³-hybridized carbons (Fsp3) is 0.278. The van der Waals surface area contributed by atoms with Crippen LogP contribution in [0.1, 0.15) is 34.5 Å². The van der Waals surface area contributed by atoms with Crippen LogP contribution in [0.5, 0.6) is 23.0 Å². The predicted octanol–water partition coefficient (Wildman–Crippen LogP) is 2.21. The first-order valence-electron chi connectivity index (χ1n) is 8.15. The van der Waals surface area contributed by atoms with Crippen LogP contribution in [0.2, 0.25) is 0 Å². The maximum atomic E-state index is 12.7. The van der Waals surface area contributed by atoms with E-state index < -0.39 is 0 Å². The Morgan fingerprint density at radius 3 is 2.44 bits per heavy atom. The van der Waals surface area contributed by atoms with Gasteiger partial charge in [0.1, 0.15) is 0 Å². The summed E-state index contributed by atoms with van der Waals surface area (Å²) in [7, 11) is 0. The summed E-state index contributed by atoms with van der Waals surface area (Å²) < 4.78 is 21.8. The zero-order valence-electron chi connectivity index (χ0n) is 13.6. The second-order valence-corrected chi connectivity index (χ2v) is 6.02. The molecule has 0 spiro atoms. The summed E-state index contributed by atoms with van der Waals surface area (Å²) in [5.41, 5.74) is 5.76. The van der Waals surface area contributed by atoms with Gasteiger partial charge in [0.15, 0.2) is 23.0 Å². The first-order chi connectivity index (χ1) is 12.2. The summed E-state index contributed by atoms with van der Waals surface area (Å²) in [5, 5.41) is 1.61. The molecule has 2 aromatic carbocycles.